The maximum Gasteiger partial charge on any atom is 0.253 e. The number of alkyl halides is 4. The molecular weight excluding hydrogens is 320 g/mol. The molecule has 0 N–H and O–H groups in total. The Kier molecular flexibility index (Phi) is 3.21. The second kappa shape index (κ2) is 4.64. The summed E-state index contributed by atoms with van der Waals surface area (Å²) in [7, 11) is 0. The molecule has 0 aromatic heterocycles. The average molecular weight is 344 g/mol. The summed E-state index contributed by atoms with van der Waals surface area (Å²) < 4.78 is 59.1. The largest absolute Gasteiger partial charge is 0.295 e. The third kappa shape index (κ3) is 1.90. The summed E-state index contributed by atoms with van der Waals surface area (Å²) in [6, 6.07) is 0. The third-order valence-electron chi connectivity index (χ3n) is 8.03. The van der Waals surface area contributed by atoms with Crippen LogP contribution >= 0.6 is 0 Å². The molecule has 0 heterocycles. The molecular formula is C19H24F4O. The maximum absolute atomic E-state index is 15.1. The molecule has 1 nitrogen and oxygen atoms in total. The standard InChI is InChI=1S/C19H24F4O/c1-16-6-3-12(24)9-11(16)10-18(20,21)15-13(16)4-7-17(2)14(15)5-8-19(17,22)23/h3,6,11,13-15H,4-5,7-10H2,1-2H3/t11?,13-,14-,15+,16-,17-/m0/s1. The minimum Gasteiger partial charge on any atom is -0.295 e. The van der Waals surface area contributed by atoms with E-state index in [1.54, 1.807) is 0 Å². The van der Waals surface area contributed by atoms with Crippen LogP contribution < -0.4 is 0 Å². The molecule has 4 aliphatic carbocycles. The quantitative estimate of drug-likeness (QED) is 0.548. The van der Waals surface area contributed by atoms with Gasteiger partial charge >= 0.3 is 0 Å². The van der Waals surface area contributed by atoms with E-state index in [9.17, 15) is 13.6 Å². The first kappa shape index (κ1) is 16.6. The number of carbonyl (C=O) groups is 1. The molecule has 24 heavy (non-hydrogen) atoms. The lowest BCUT2D eigenvalue weighted by Gasteiger charge is -2.60. The van der Waals surface area contributed by atoms with Crippen LogP contribution in [0.15, 0.2) is 12.2 Å². The van der Waals surface area contributed by atoms with E-state index < -0.39 is 34.5 Å². The predicted molar refractivity (Wildman–Crippen MR) is 81.9 cm³/mol. The monoisotopic (exact) mass is 344 g/mol. The highest BCUT2D eigenvalue weighted by molar-refractivity contribution is 5.91. The second-order valence-electron chi connectivity index (χ2n) is 8.97. The van der Waals surface area contributed by atoms with Gasteiger partial charge in [0.15, 0.2) is 5.78 Å². The first-order valence-electron chi connectivity index (χ1n) is 8.99. The summed E-state index contributed by atoms with van der Waals surface area (Å²) in [5, 5.41) is 0. The van der Waals surface area contributed by atoms with Crippen LogP contribution in [-0.4, -0.2) is 17.6 Å². The maximum atomic E-state index is 15.1. The van der Waals surface area contributed by atoms with E-state index in [2.05, 4.69) is 0 Å². The van der Waals surface area contributed by atoms with Gasteiger partial charge in [-0.25, -0.2) is 17.6 Å². The van der Waals surface area contributed by atoms with Crippen molar-refractivity contribution in [2.75, 3.05) is 0 Å². The van der Waals surface area contributed by atoms with Gasteiger partial charge in [-0.3, -0.25) is 4.79 Å². The van der Waals surface area contributed by atoms with Crippen molar-refractivity contribution in [3.8, 4) is 0 Å². The zero-order valence-corrected chi connectivity index (χ0v) is 14.1. The van der Waals surface area contributed by atoms with Crippen LogP contribution in [0.3, 0.4) is 0 Å². The Morgan fingerprint density at radius 3 is 2.42 bits per heavy atom. The van der Waals surface area contributed by atoms with Gasteiger partial charge in [0.1, 0.15) is 0 Å². The van der Waals surface area contributed by atoms with E-state index in [1.165, 1.54) is 13.0 Å². The van der Waals surface area contributed by atoms with Crippen LogP contribution in [-0.2, 0) is 4.79 Å². The van der Waals surface area contributed by atoms with Gasteiger partial charge in [0.05, 0.1) is 0 Å². The first-order chi connectivity index (χ1) is 11.0. The fourth-order valence-corrected chi connectivity index (χ4v) is 6.48. The van der Waals surface area contributed by atoms with Gasteiger partial charge in [0, 0.05) is 30.6 Å². The molecule has 6 atom stereocenters. The summed E-state index contributed by atoms with van der Waals surface area (Å²) in [6.07, 6.45) is 3.75. The number of fused-ring (bicyclic) bond motifs is 5. The molecule has 4 rings (SSSR count). The van der Waals surface area contributed by atoms with Crippen molar-refractivity contribution in [1.29, 1.82) is 0 Å². The summed E-state index contributed by atoms with van der Waals surface area (Å²) in [4.78, 5) is 11.7. The molecule has 0 spiro atoms. The van der Waals surface area contributed by atoms with Crippen LogP contribution in [0.5, 0.6) is 0 Å². The lowest BCUT2D eigenvalue weighted by Crippen LogP contribution is -2.60. The molecule has 4 aliphatic rings. The fraction of sp³-hybridized carbons (Fsp3) is 0.842. The molecule has 1 unspecified atom stereocenters. The lowest BCUT2D eigenvalue weighted by molar-refractivity contribution is -0.233. The van der Waals surface area contributed by atoms with Crippen LogP contribution in [0.4, 0.5) is 17.6 Å². The van der Waals surface area contributed by atoms with E-state index >= 15 is 8.78 Å². The highest BCUT2D eigenvalue weighted by Gasteiger charge is 2.71. The van der Waals surface area contributed by atoms with Crippen LogP contribution in [0.1, 0.15) is 52.4 Å². The molecule has 0 saturated heterocycles. The summed E-state index contributed by atoms with van der Waals surface area (Å²) in [6.45, 7) is 3.48. The van der Waals surface area contributed by atoms with Crippen LogP contribution in [0.25, 0.3) is 0 Å². The Balaban J connectivity index is 1.79. The lowest BCUT2D eigenvalue weighted by atomic mass is 9.45. The average Bonchev–Trinajstić information content (AvgIpc) is 2.71. The van der Waals surface area contributed by atoms with Crippen LogP contribution in [0.2, 0.25) is 0 Å². The topological polar surface area (TPSA) is 17.1 Å². The Bertz CT molecular complexity index is 612. The molecule has 0 aromatic carbocycles. The van der Waals surface area contributed by atoms with Crippen molar-refractivity contribution < 1.29 is 22.4 Å². The van der Waals surface area contributed by atoms with E-state index in [-0.39, 0.29) is 43.3 Å². The van der Waals surface area contributed by atoms with Crippen molar-refractivity contribution in [3.63, 3.8) is 0 Å². The first-order valence-corrected chi connectivity index (χ1v) is 8.99. The molecule has 0 bridgehead atoms. The number of allylic oxidation sites excluding steroid dienone is 2. The van der Waals surface area contributed by atoms with E-state index in [4.69, 9.17) is 0 Å². The van der Waals surface area contributed by atoms with E-state index in [1.807, 2.05) is 13.0 Å². The molecule has 3 saturated carbocycles. The highest BCUT2D eigenvalue weighted by Crippen LogP contribution is 2.71. The zero-order chi connectivity index (χ0) is 17.5. The Labute approximate surface area is 139 Å². The normalized spacial score (nSPS) is 51.7. The molecule has 0 aliphatic heterocycles. The predicted octanol–water partition coefficient (Wildman–Crippen LogP) is 5.25. The number of halogens is 4. The molecule has 5 heteroatoms. The SMILES string of the molecule is C[C@]12C=CC(=O)CC1CC(F)(F)[C@@H]1[C@@H]2CC[C@@]2(C)[C@H]1CCC2(F)F. The molecule has 0 radical (unpaired) electrons. The minimum atomic E-state index is -2.97. The van der Waals surface area contributed by atoms with Gasteiger partial charge in [-0.1, -0.05) is 19.9 Å². The van der Waals surface area contributed by atoms with E-state index in [0.29, 0.717) is 12.8 Å². The number of ketones is 1. The Hall–Kier alpha value is -0.870. The third-order valence-corrected chi connectivity index (χ3v) is 8.03. The van der Waals surface area contributed by atoms with Crippen LogP contribution in [0, 0.1) is 34.5 Å². The van der Waals surface area contributed by atoms with Gasteiger partial charge in [-0.15, -0.1) is 0 Å². The summed E-state index contributed by atoms with van der Waals surface area (Å²) in [5.74, 6) is -8.24. The van der Waals surface area contributed by atoms with Crippen molar-refractivity contribution in [3.05, 3.63) is 12.2 Å². The van der Waals surface area contributed by atoms with Gasteiger partial charge in [-0.05, 0) is 48.5 Å². The van der Waals surface area contributed by atoms with Crippen molar-refractivity contribution in [1.82, 2.24) is 0 Å². The van der Waals surface area contributed by atoms with Gasteiger partial charge in [0.25, 0.3) is 11.8 Å². The van der Waals surface area contributed by atoms with Gasteiger partial charge in [0.2, 0.25) is 0 Å². The second-order valence-corrected chi connectivity index (χ2v) is 8.97. The number of rotatable bonds is 0. The Morgan fingerprint density at radius 2 is 1.71 bits per heavy atom. The van der Waals surface area contributed by atoms with Crippen molar-refractivity contribution in [2.45, 2.75) is 64.2 Å². The number of carbonyl (C=O) groups excluding carboxylic acids is 1. The summed E-state index contributed by atoms with van der Waals surface area (Å²) in [5.41, 5.74) is -1.78. The van der Waals surface area contributed by atoms with Crippen molar-refractivity contribution in [2.24, 2.45) is 34.5 Å². The molecule has 0 amide bonds. The smallest absolute Gasteiger partial charge is 0.253 e. The Morgan fingerprint density at radius 1 is 1.04 bits per heavy atom. The van der Waals surface area contributed by atoms with E-state index in [0.717, 1.165) is 0 Å². The fourth-order valence-electron chi connectivity index (χ4n) is 6.48. The van der Waals surface area contributed by atoms with Crippen molar-refractivity contribution >= 4 is 5.78 Å². The minimum absolute atomic E-state index is 0.0974. The van der Waals surface area contributed by atoms with Gasteiger partial charge in [-0.2, -0.15) is 0 Å². The van der Waals surface area contributed by atoms with Gasteiger partial charge < -0.3 is 0 Å². The summed E-state index contributed by atoms with van der Waals surface area (Å²) >= 11 is 0. The zero-order valence-electron chi connectivity index (χ0n) is 14.1. The molecule has 134 valence electrons. The number of hydrogen-bond acceptors (Lipinski definition) is 1. The molecule has 3 fully saturated rings. The number of hydrogen-bond donors (Lipinski definition) is 0. The molecule has 0 aromatic rings. The highest BCUT2D eigenvalue weighted by atomic mass is 19.3.